The standard InChI is InChI=1S/C16H24F3N3O2/c1-21(15(11-20)7-3-2-4-8-15)13(23)10-22-9-5-6-12(22)14(24)16(17,18)19/h12,14,24H,2-10H2,1H3. The summed E-state index contributed by atoms with van der Waals surface area (Å²) in [6, 6.07) is 1.15. The summed E-state index contributed by atoms with van der Waals surface area (Å²) < 4.78 is 38.3. The minimum atomic E-state index is -4.69. The van der Waals surface area contributed by atoms with Gasteiger partial charge in [0.25, 0.3) is 0 Å². The molecule has 1 aliphatic carbocycles. The Morgan fingerprint density at radius 1 is 1.38 bits per heavy atom. The van der Waals surface area contributed by atoms with Crippen molar-refractivity contribution in [3.63, 3.8) is 0 Å². The monoisotopic (exact) mass is 347 g/mol. The molecule has 2 rings (SSSR count). The molecular formula is C16H24F3N3O2. The van der Waals surface area contributed by atoms with Crippen molar-refractivity contribution < 1.29 is 23.1 Å². The summed E-state index contributed by atoms with van der Waals surface area (Å²) in [5.41, 5.74) is -0.854. The zero-order valence-corrected chi connectivity index (χ0v) is 13.8. The number of halogens is 3. The summed E-state index contributed by atoms with van der Waals surface area (Å²) >= 11 is 0. The van der Waals surface area contributed by atoms with Crippen molar-refractivity contribution in [2.75, 3.05) is 20.1 Å². The first kappa shape index (κ1) is 19.0. The fourth-order valence-corrected chi connectivity index (χ4v) is 3.80. The van der Waals surface area contributed by atoms with Crippen molar-refractivity contribution in [2.24, 2.45) is 0 Å². The molecular weight excluding hydrogens is 323 g/mol. The van der Waals surface area contributed by atoms with Crippen LogP contribution >= 0.6 is 0 Å². The molecule has 24 heavy (non-hydrogen) atoms. The summed E-state index contributed by atoms with van der Waals surface area (Å²) in [5, 5.41) is 19.0. The molecule has 136 valence electrons. The van der Waals surface area contributed by atoms with Crippen LogP contribution in [0.4, 0.5) is 13.2 Å². The van der Waals surface area contributed by atoms with Crippen molar-refractivity contribution in [2.45, 2.75) is 68.8 Å². The summed E-state index contributed by atoms with van der Waals surface area (Å²) in [4.78, 5) is 15.3. The smallest absolute Gasteiger partial charge is 0.382 e. The van der Waals surface area contributed by atoms with Crippen molar-refractivity contribution in [1.29, 1.82) is 5.26 Å². The number of alkyl halides is 3. The lowest BCUT2D eigenvalue weighted by Crippen LogP contribution is -2.55. The first-order valence-corrected chi connectivity index (χ1v) is 8.38. The van der Waals surface area contributed by atoms with Crippen LogP contribution in [-0.2, 0) is 4.79 Å². The van der Waals surface area contributed by atoms with E-state index in [2.05, 4.69) is 6.07 Å². The number of amides is 1. The highest BCUT2D eigenvalue weighted by Gasteiger charge is 2.48. The molecule has 1 aliphatic heterocycles. The zero-order valence-electron chi connectivity index (χ0n) is 13.8. The number of rotatable bonds is 4. The molecule has 1 heterocycles. The van der Waals surface area contributed by atoms with Crippen molar-refractivity contribution >= 4 is 5.91 Å². The van der Waals surface area contributed by atoms with Crippen molar-refractivity contribution in [3.05, 3.63) is 0 Å². The molecule has 1 saturated carbocycles. The number of likely N-dealkylation sites (tertiary alicyclic amines) is 1. The van der Waals surface area contributed by atoms with E-state index in [0.717, 1.165) is 19.3 Å². The third-order valence-electron chi connectivity index (χ3n) is 5.36. The second-order valence-electron chi connectivity index (χ2n) is 6.82. The maximum atomic E-state index is 12.8. The lowest BCUT2D eigenvalue weighted by atomic mass is 9.81. The molecule has 1 saturated heterocycles. The number of aliphatic hydroxyl groups is 1. The van der Waals surface area contributed by atoms with Crippen LogP contribution in [0, 0.1) is 11.3 Å². The average molecular weight is 347 g/mol. The van der Waals surface area contributed by atoms with E-state index < -0.39 is 23.9 Å². The van der Waals surface area contributed by atoms with E-state index in [1.54, 1.807) is 7.05 Å². The Bertz CT molecular complexity index is 498. The maximum Gasteiger partial charge on any atom is 0.415 e. The molecule has 0 aromatic carbocycles. The number of carbonyl (C=O) groups is 1. The second-order valence-corrected chi connectivity index (χ2v) is 6.82. The van der Waals surface area contributed by atoms with E-state index in [0.29, 0.717) is 25.8 Å². The highest BCUT2D eigenvalue weighted by molar-refractivity contribution is 5.79. The Balaban J connectivity index is 2.04. The lowest BCUT2D eigenvalue weighted by Gasteiger charge is -2.40. The molecule has 5 nitrogen and oxygen atoms in total. The van der Waals surface area contributed by atoms with Gasteiger partial charge in [0.2, 0.25) is 5.91 Å². The fourth-order valence-electron chi connectivity index (χ4n) is 3.80. The van der Waals surface area contributed by atoms with Crippen LogP contribution in [0.5, 0.6) is 0 Å². The van der Waals surface area contributed by atoms with E-state index >= 15 is 0 Å². The topological polar surface area (TPSA) is 67.6 Å². The van der Waals surface area contributed by atoms with Gasteiger partial charge in [0.15, 0.2) is 6.10 Å². The van der Waals surface area contributed by atoms with E-state index in [1.165, 1.54) is 9.80 Å². The maximum absolute atomic E-state index is 12.8. The molecule has 0 spiro atoms. The van der Waals surface area contributed by atoms with E-state index in [4.69, 9.17) is 0 Å². The second kappa shape index (κ2) is 7.28. The molecule has 8 heteroatoms. The first-order chi connectivity index (χ1) is 11.2. The van der Waals surface area contributed by atoms with Gasteiger partial charge in [-0.05, 0) is 32.2 Å². The first-order valence-electron chi connectivity index (χ1n) is 8.38. The molecule has 0 bridgehead atoms. The van der Waals surface area contributed by atoms with Crippen molar-refractivity contribution in [1.82, 2.24) is 9.80 Å². The number of likely N-dealkylation sites (N-methyl/N-ethyl adjacent to an activating group) is 1. The number of hydrogen-bond donors (Lipinski definition) is 1. The predicted molar refractivity (Wildman–Crippen MR) is 80.9 cm³/mol. The molecule has 0 aromatic heterocycles. The van der Waals surface area contributed by atoms with Crippen LogP contribution in [0.1, 0.15) is 44.9 Å². The van der Waals surface area contributed by atoms with Crippen LogP contribution in [0.25, 0.3) is 0 Å². The Kier molecular flexibility index (Phi) is 5.76. The molecule has 0 radical (unpaired) electrons. The van der Waals surface area contributed by atoms with Crippen molar-refractivity contribution in [3.8, 4) is 6.07 Å². The van der Waals surface area contributed by atoms with E-state index in [-0.39, 0.29) is 18.9 Å². The Hall–Kier alpha value is -1.33. The van der Waals surface area contributed by atoms with Crippen LogP contribution in [0.3, 0.4) is 0 Å². The van der Waals surface area contributed by atoms with Gasteiger partial charge in [-0.15, -0.1) is 0 Å². The summed E-state index contributed by atoms with van der Waals surface area (Å²) in [6.45, 7) is 0.147. The van der Waals surface area contributed by atoms with Gasteiger partial charge in [0.05, 0.1) is 12.6 Å². The predicted octanol–water partition coefficient (Wildman–Crippen LogP) is 2.06. The summed E-state index contributed by atoms with van der Waals surface area (Å²) in [7, 11) is 1.56. The number of carbonyl (C=O) groups excluding carboxylic acids is 1. The number of nitriles is 1. The average Bonchev–Trinajstić information content (AvgIpc) is 3.00. The van der Waals surface area contributed by atoms with Gasteiger partial charge in [-0.25, -0.2) is 0 Å². The fraction of sp³-hybridized carbons (Fsp3) is 0.875. The largest absolute Gasteiger partial charge is 0.415 e. The van der Waals surface area contributed by atoms with Gasteiger partial charge in [0.1, 0.15) is 5.54 Å². The number of nitrogens with zero attached hydrogens (tertiary/aromatic N) is 3. The molecule has 1 amide bonds. The third kappa shape index (κ3) is 3.83. The quantitative estimate of drug-likeness (QED) is 0.845. The van der Waals surface area contributed by atoms with Crippen LogP contribution in [-0.4, -0.2) is 64.8 Å². The zero-order chi connectivity index (χ0) is 18.0. The summed E-state index contributed by atoms with van der Waals surface area (Å²) in [5.74, 6) is -0.361. The van der Waals surface area contributed by atoms with Gasteiger partial charge in [-0.2, -0.15) is 18.4 Å². The highest BCUT2D eigenvalue weighted by atomic mass is 19.4. The molecule has 2 unspecified atom stereocenters. The Labute approximate surface area is 140 Å². The van der Waals surface area contributed by atoms with Gasteiger partial charge < -0.3 is 10.0 Å². The molecule has 2 atom stereocenters. The lowest BCUT2D eigenvalue weighted by molar-refractivity contribution is -0.219. The number of aliphatic hydroxyl groups excluding tert-OH is 1. The Morgan fingerprint density at radius 3 is 2.54 bits per heavy atom. The normalized spacial score (nSPS) is 25.9. The van der Waals surface area contributed by atoms with Gasteiger partial charge in [-0.1, -0.05) is 19.3 Å². The minimum Gasteiger partial charge on any atom is -0.382 e. The van der Waals surface area contributed by atoms with Crippen LogP contribution < -0.4 is 0 Å². The van der Waals surface area contributed by atoms with Gasteiger partial charge >= 0.3 is 6.18 Å². The van der Waals surface area contributed by atoms with Crippen LogP contribution in [0.15, 0.2) is 0 Å². The van der Waals surface area contributed by atoms with Crippen LogP contribution in [0.2, 0.25) is 0 Å². The Morgan fingerprint density at radius 2 is 2.00 bits per heavy atom. The molecule has 1 N–H and O–H groups in total. The highest BCUT2D eigenvalue weighted by Crippen LogP contribution is 2.34. The minimum absolute atomic E-state index is 0.197. The molecule has 0 aromatic rings. The number of hydrogen-bond acceptors (Lipinski definition) is 4. The van der Waals surface area contributed by atoms with E-state index in [1.807, 2.05) is 0 Å². The van der Waals surface area contributed by atoms with Gasteiger partial charge in [-0.3, -0.25) is 9.69 Å². The SMILES string of the molecule is CN(C(=O)CN1CCCC1C(O)C(F)(F)F)C1(C#N)CCCCC1. The van der Waals surface area contributed by atoms with E-state index in [9.17, 15) is 28.3 Å². The van der Waals surface area contributed by atoms with Gasteiger partial charge in [0, 0.05) is 13.1 Å². The molecule has 2 aliphatic rings. The summed E-state index contributed by atoms with van der Waals surface area (Å²) in [6.07, 6.45) is -2.47. The third-order valence-corrected chi connectivity index (χ3v) is 5.36. The molecule has 2 fully saturated rings.